The summed E-state index contributed by atoms with van der Waals surface area (Å²) >= 11 is 0. The Morgan fingerprint density at radius 3 is 1.47 bits per heavy atom. The highest BCUT2D eigenvalue weighted by Crippen LogP contribution is 2.30. The fraction of sp³-hybridized carbons (Fsp3) is 0.143. The van der Waals surface area contributed by atoms with Gasteiger partial charge in [0.25, 0.3) is 0 Å². The Balaban J connectivity index is 3.67. The van der Waals surface area contributed by atoms with Gasteiger partial charge in [-0.2, -0.15) is 8.42 Å². The van der Waals surface area contributed by atoms with Gasteiger partial charge in [-0.05, 0) is 0 Å². The molecule has 0 aliphatic carbocycles. The smallest absolute Gasteiger partial charge is 0.269 e. The first kappa shape index (κ1) is 13.6. The van der Waals surface area contributed by atoms with E-state index in [-0.39, 0.29) is 0 Å². The molecule has 0 aromatic heterocycles. The standard InChI is InChI=1S/C7H4F5NO3S/c1-13(17(14,15)16)7-5(11)3(9)2(8)4(10)6(7)12/h1H3,(H,14,15,16). The van der Waals surface area contributed by atoms with Gasteiger partial charge < -0.3 is 0 Å². The van der Waals surface area contributed by atoms with Crippen LogP contribution in [0.4, 0.5) is 27.6 Å². The van der Waals surface area contributed by atoms with Crippen LogP contribution in [0.15, 0.2) is 0 Å². The second-order valence-electron chi connectivity index (χ2n) is 2.86. The summed E-state index contributed by atoms with van der Waals surface area (Å²) in [5.74, 6) is -11.8. The van der Waals surface area contributed by atoms with Gasteiger partial charge in [-0.1, -0.05) is 0 Å². The Labute approximate surface area is 92.1 Å². The number of anilines is 1. The second kappa shape index (κ2) is 4.11. The first-order chi connectivity index (χ1) is 7.59. The van der Waals surface area contributed by atoms with Crippen LogP contribution in [0.2, 0.25) is 0 Å². The van der Waals surface area contributed by atoms with E-state index in [0.717, 1.165) is 0 Å². The number of halogens is 5. The minimum atomic E-state index is -5.15. The van der Waals surface area contributed by atoms with Crippen molar-refractivity contribution in [3.63, 3.8) is 0 Å². The molecule has 1 aromatic rings. The monoisotopic (exact) mass is 277 g/mol. The summed E-state index contributed by atoms with van der Waals surface area (Å²) in [6.07, 6.45) is 0. The van der Waals surface area contributed by atoms with Crippen LogP contribution >= 0.6 is 0 Å². The summed E-state index contributed by atoms with van der Waals surface area (Å²) in [6, 6.07) is 0. The van der Waals surface area contributed by atoms with Gasteiger partial charge in [0.05, 0.1) is 0 Å². The van der Waals surface area contributed by atoms with Crippen molar-refractivity contribution in [2.75, 3.05) is 11.4 Å². The van der Waals surface area contributed by atoms with Crippen molar-refractivity contribution in [1.29, 1.82) is 0 Å². The molecule has 0 heterocycles. The molecule has 4 nitrogen and oxygen atoms in total. The summed E-state index contributed by atoms with van der Waals surface area (Å²) in [5, 5.41) is 0. The maximum Gasteiger partial charge on any atom is 0.359 e. The van der Waals surface area contributed by atoms with Gasteiger partial charge in [-0.3, -0.25) is 4.55 Å². The highest BCUT2D eigenvalue weighted by atomic mass is 32.2. The summed E-state index contributed by atoms with van der Waals surface area (Å²) < 4.78 is 93.2. The van der Waals surface area contributed by atoms with E-state index in [9.17, 15) is 30.4 Å². The van der Waals surface area contributed by atoms with Crippen LogP contribution in [-0.2, 0) is 10.3 Å². The molecule has 0 aliphatic rings. The first-order valence-corrected chi connectivity index (χ1v) is 5.21. The van der Waals surface area contributed by atoms with Gasteiger partial charge in [0.2, 0.25) is 5.82 Å². The van der Waals surface area contributed by atoms with Crippen molar-refractivity contribution in [2.45, 2.75) is 0 Å². The van der Waals surface area contributed by atoms with E-state index in [1.54, 1.807) is 0 Å². The lowest BCUT2D eigenvalue weighted by Gasteiger charge is -2.17. The Morgan fingerprint density at radius 2 is 1.18 bits per heavy atom. The minimum Gasteiger partial charge on any atom is -0.269 e. The molecule has 0 saturated heterocycles. The topological polar surface area (TPSA) is 57.6 Å². The highest BCUT2D eigenvalue weighted by molar-refractivity contribution is 7.87. The number of nitrogens with zero attached hydrogens (tertiary/aromatic N) is 1. The lowest BCUT2D eigenvalue weighted by molar-refractivity contribution is 0.379. The predicted molar refractivity (Wildman–Crippen MR) is 46.2 cm³/mol. The molecule has 0 fully saturated rings. The Morgan fingerprint density at radius 1 is 0.882 bits per heavy atom. The normalized spacial score (nSPS) is 11.7. The van der Waals surface area contributed by atoms with Crippen LogP contribution in [0.25, 0.3) is 0 Å². The molecule has 0 bridgehead atoms. The molecule has 0 radical (unpaired) electrons. The molecule has 0 aliphatic heterocycles. The lowest BCUT2D eigenvalue weighted by Crippen LogP contribution is -2.28. The van der Waals surface area contributed by atoms with Crippen LogP contribution in [0, 0.1) is 29.1 Å². The van der Waals surface area contributed by atoms with Crippen LogP contribution < -0.4 is 4.31 Å². The van der Waals surface area contributed by atoms with Crippen molar-refractivity contribution in [3.8, 4) is 0 Å². The fourth-order valence-corrected chi connectivity index (χ4v) is 1.38. The van der Waals surface area contributed by atoms with Gasteiger partial charge in [0.1, 0.15) is 5.69 Å². The molecule has 96 valence electrons. The fourth-order valence-electron chi connectivity index (χ4n) is 0.985. The number of hydrogen-bond acceptors (Lipinski definition) is 2. The van der Waals surface area contributed by atoms with Gasteiger partial charge in [0.15, 0.2) is 23.3 Å². The van der Waals surface area contributed by atoms with E-state index in [0.29, 0.717) is 7.05 Å². The highest BCUT2D eigenvalue weighted by Gasteiger charge is 2.31. The molecule has 0 saturated carbocycles. The van der Waals surface area contributed by atoms with E-state index in [1.165, 1.54) is 0 Å². The molecule has 10 heteroatoms. The molecule has 0 amide bonds. The van der Waals surface area contributed by atoms with Crippen molar-refractivity contribution in [1.82, 2.24) is 0 Å². The lowest BCUT2D eigenvalue weighted by atomic mass is 10.2. The average Bonchev–Trinajstić information content (AvgIpc) is 2.22. The third kappa shape index (κ3) is 2.17. The Bertz CT molecular complexity index is 544. The molecule has 1 N–H and O–H groups in total. The van der Waals surface area contributed by atoms with Crippen molar-refractivity contribution < 1.29 is 34.9 Å². The zero-order valence-electron chi connectivity index (χ0n) is 8.01. The SMILES string of the molecule is CN(c1c(F)c(F)c(F)c(F)c1F)S(=O)(=O)O. The molecule has 0 unspecified atom stereocenters. The molecule has 1 aromatic carbocycles. The third-order valence-corrected chi connectivity index (χ3v) is 2.72. The largest absolute Gasteiger partial charge is 0.359 e. The van der Waals surface area contributed by atoms with Crippen molar-refractivity contribution in [2.24, 2.45) is 0 Å². The summed E-state index contributed by atoms with van der Waals surface area (Å²) in [6.45, 7) is 0. The summed E-state index contributed by atoms with van der Waals surface area (Å²) in [4.78, 5) is 0. The minimum absolute atomic E-state index is 0.424. The Kier molecular flexibility index (Phi) is 3.30. The number of benzene rings is 1. The van der Waals surface area contributed by atoms with Crippen LogP contribution in [0.3, 0.4) is 0 Å². The molecular weight excluding hydrogens is 273 g/mol. The predicted octanol–water partition coefficient (Wildman–Crippen LogP) is 1.62. The molecule has 1 rings (SSSR count). The van der Waals surface area contributed by atoms with E-state index in [4.69, 9.17) is 4.55 Å². The third-order valence-electron chi connectivity index (χ3n) is 1.85. The number of rotatable bonds is 2. The molecule has 17 heavy (non-hydrogen) atoms. The van der Waals surface area contributed by atoms with Crippen LogP contribution in [-0.4, -0.2) is 20.0 Å². The maximum absolute atomic E-state index is 13.0. The zero-order valence-corrected chi connectivity index (χ0v) is 8.83. The average molecular weight is 277 g/mol. The zero-order chi connectivity index (χ0) is 13.5. The van der Waals surface area contributed by atoms with Gasteiger partial charge in [-0.15, -0.1) is 0 Å². The maximum atomic E-state index is 13.0. The Hall–Kier alpha value is -1.42. The van der Waals surface area contributed by atoms with Gasteiger partial charge >= 0.3 is 10.3 Å². The second-order valence-corrected chi connectivity index (χ2v) is 4.31. The van der Waals surface area contributed by atoms with Gasteiger partial charge in [0, 0.05) is 7.05 Å². The van der Waals surface area contributed by atoms with Crippen LogP contribution in [0.1, 0.15) is 0 Å². The van der Waals surface area contributed by atoms with Gasteiger partial charge in [-0.25, -0.2) is 26.3 Å². The molecule has 0 spiro atoms. The summed E-state index contributed by atoms with van der Waals surface area (Å²) in [5.41, 5.74) is -1.76. The molecular formula is C7H4F5NO3S. The van der Waals surface area contributed by atoms with E-state index in [2.05, 4.69) is 0 Å². The van der Waals surface area contributed by atoms with E-state index < -0.39 is 49.4 Å². The van der Waals surface area contributed by atoms with Crippen molar-refractivity contribution >= 4 is 16.0 Å². The van der Waals surface area contributed by atoms with Crippen LogP contribution in [0.5, 0.6) is 0 Å². The van der Waals surface area contributed by atoms with E-state index in [1.807, 2.05) is 0 Å². The van der Waals surface area contributed by atoms with E-state index >= 15 is 0 Å². The van der Waals surface area contributed by atoms with Crippen molar-refractivity contribution in [3.05, 3.63) is 29.1 Å². The first-order valence-electron chi connectivity index (χ1n) is 3.81. The quantitative estimate of drug-likeness (QED) is 0.387. The molecule has 0 atom stereocenters. The summed E-state index contributed by atoms with van der Waals surface area (Å²) in [7, 11) is -4.73. The number of hydrogen-bond donors (Lipinski definition) is 1.